The Morgan fingerprint density at radius 3 is 2.73 bits per heavy atom. The molecule has 0 aliphatic carbocycles. The van der Waals surface area contributed by atoms with Crippen LogP contribution in [-0.2, 0) is 9.59 Å². The quantitative estimate of drug-likeness (QED) is 0.903. The van der Waals surface area contributed by atoms with Crippen LogP contribution in [0.4, 0.5) is 0 Å². The van der Waals surface area contributed by atoms with Gasteiger partial charge in [-0.15, -0.1) is 0 Å². The van der Waals surface area contributed by atoms with Crippen molar-refractivity contribution in [2.24, 2.45) is 0 Å². The van der Waals surface area contributed by atoms with Crippen molar-refractivity contribution in [3.63, 3.8) is 0 Å². The Labute approximate surface area is 135 Å². The summed E-state index contributed by atoms with van der Waals surface area (Å²) < 4.78 is 5.90. The zero-order valence-corrected chi connectivity index (χ0v) is 13.4. The van der Waals surface area contributed by atoms with Gasteiger partial charge in [-0.3, -0.25) is 9.59 Å². The Kier molecular flexibility index (Phi) is 6.07. The van der Waals surface area contributed by atoms with E-state index in [1.807, 2.05) is 23.1 Å². The number of nitrogens with zero attached hydrogens (tertiary/aromatic N) is 1. The van der Waals surface area contributed by atoms with Crippen molar-refractivity contribution < 1.29 is 14.3 Å². The van der Waals surface area contributed by atoms with E-state index in [4.69, 9.17) is 16.3 Å². The third kappa shape index (κ3) is 5.22. The van der Waals surface area contributed by atoms with Crippen LogP contribution >= 0.6 is 11.6 Å². The smallest absolute Gasteiger partial charge is 0.224 e. The molecule has 2 rings (SSSR count). The van der Waals surface area contributed by atoms with E-state index in [1.54, 1.807) is 6.07 Å². The summed E-state index contributed by atoms with van der Waals surface area (Å²) in [6.07, 6.45) is 2.06. The highest BCUT2D eigenvalue weighted by Gasteiger charge is 2.23. The highest BCUT2D eigenvalue weighted by atomic mass is 35.5. The Bertz CT molecular complexity index is 528. The first-order valence-corrected chi connectivity index (χ1v) is 7.87. The fourth-order valence-electron chi connectivity index (χ4n) is 2.46. The molecule has 1 heterocycles. The number of benzene rings is 1. The van der Waals surface area contributed by atoms with Crippen molar-refractivity contribution in [1.29, 1.82) is 0 Å². The first-order chi connectivity index (χ1) is 10.5. The van der Waals surface area contributed by atoms with Gasteiger partial charge in [-0.1, -0.05) is 17.7 Å². The van der Waals surface area contributed by atoms with E-state index in [0.29, 0.717) is 31.1 Å². The number of likely N-dealkylation sites (tertiary alicyclic amines) is 1. The molecule has 6 heteroatoms. The molecule has 0 atom stereocenters. The second-order valence-corrected chi connectivity index (χ2v) is 5.82. The van der Waals surface area contributed by atoms with Crippen LogP contribution in [-0.4, -0.2) is 42.5 Å². The minimum atomic E-state index is -0.110. The molecule has 1 aliphatic rings. The lowest BCUT2D eigenvalue weighted by atomic mass is 10.1. The van der Waals surface area contributed by atoms with Crippen LogP contribution in [0, 0.1) is 0 Å². The zero-order chi connectivity index (χ0) is 15.9. The zero-order valence-electron chi connectivity index (χ0n) is 12.7. The fourth-order valence-corrected chi connectivity index (χ4v) is 2.64. The van der Waals surface area contributed by atoms with Crippen LogP contribution < -0.4 is 10.1 Å². The summed E-state index contributed by atoms with van der Waals surface area (Å²) in [5.41, 5.74) is 0. The van der Waals surface area contributed by atoms with E-state index in [-0.39, 0.29) is 17.9 Å². The summed E-state index contributed by atoms with van der Waals surface area (Å²) in [5, 5.41) is 3.29. The molecule has 0 saturated carbocycles. The lowest BCUT2D eigenvalue weighted by Crippen LogP contribution is -2.42. The van der Waals surface area contributed by atoms with Gasteiger partial charge in [0.2, 0.25) is 11.8 Å². The standard InChI is InChI=1S/C16H21ClN2O3/c1-12(20)18-8-5-16(21)19-9-6-14(7-10-19)22-15-4-2-3-13(17)11-15/h2-4,11,14H,5-10H2,1H3,(H,18,20). The van der Waals surface area contributed by atoms with Crippen molar-refractivity contribution in [3.8, 4) is 5.75 Å². The molecule has 120 valence electrons. The molecule has 1 fully saturated rings. The Morgan fingerprint density at radius 1 is 1.36 bits per heavy atom. The van der Waals surface area contributed by atoms with Gasteiger partial charge in [0.1, 0.15) is 11.9 Å². The molecular formula is C16H21ClN2O3. The summed E-state index contributed by atoms with van der Waals surface area (Å²) in [6.45, 7) is 3.21. The van der Waals surface area contributed by atoms with E-state index in [0.717, 1.165) is 18.6 Å². The van der Waals surface area contributed by atoms with Crippen LogP contribution in [0.2, 0.25) is 5.02 Å². The van der Waals surface area contributed by atoms with Gasteiger partial charge in [-0.25, -0.2) is 0 Å². The molecule has 0 unspecified atom stereocenters. The van der Waals surface area contributed by atoms with Crippen LogP contribution in [0.3, 0.4) is 0 Å². The second-order valence-electron chi connectivity index (χ2n) is 5.39. The maximum Gasteiger partial charge on any atom is 0.224 e. The molecule has 1 aliphatic heterocycles. The average molecular weight is 325 g/mol. The van der Waals surface area contributed by atoms with Crippen LogP contribution in [0.1, 0.15) is 26.2 Å². The van der Waals surface area contributed by atoms with E-state index >= 15 is 0 Å². The number of amides is 2. The van der Waals surface area contributed by atoms with E-state index < -0.39 is 0 Å². The maximum atomic E-state index is 12.0. The number of ether oxygens (including phenoxy) is 1. The van der Waals surface area contributed by atoms with Crippen molar-refractivity contribution >= 4 is 23.4 Å². The predicted octanol–water partition coefficient (Wildman–Crippen LogP) is 2.24. The van der Waals surface area contributed by atoms with Crippen molar-refractivity contribution in [1.82, 2.24) is 10.2 Å². The van der Waals surface area contributed by atoms with E-state index in [1.165, 1.54) is 6.92 Å². The summed E-state index contributed by atoms with van der Waals surface area (Å²) >= 11 is 5.94. The van der Waals surface area contributed by atoms with E-state index in [9.17, 15) is 9.59 Å². The molecule has 1 saturated heterocycles. The summed E-state index contributed by atoms with van der Waals surface area (Å²) in [4.78, 5) is 24.6. The first-order valence-electron chi connectivity index (χ1n) is 7.49. The predicted molar refractivity (Wildman–Crippen MR) is 85.0 cm³/mol. The first kappa shape index (κ1) is 16.6. The molecule has 2 amide bonds. The number of carbonyl (C=O) groups is 2. The molecule has 1 aromatic rings. The topological polar surface area (TPSA) is 58.6 Å². The molecular weight excluding hydrogens is 304 g/mol. The third-order valence-electron chi connectivity index (χ3n) is 3.61. The SMILES string of the molecule is CC(=O)NCCC(=O)N1CCC(Oc2cccc(Cl)c2)CC1. The number of piperidine rings is 1. The summed E-state index contributed by atoms with van der Waals surface area (Å²) in [6, 6.07) is 7.35. The van der Waals surface area contributed by atoms with Gasteiger partial charge in [0.15, 0.2) is 0 Å². The molecule has 0 radical (unpaired) electrons. The highest BCUT2D eigenvalue weighted by Crippen LogP contribution is 2.22. The fraction of sp³-hybridized carbons (Fsp3) is 0.500. The molecule has 5 nitrogen and oxygen atoms in total. The number of halogens is 1. The monoisotopic (exact) mass is 324 g/mol. The third-order valence-corrected chi connectivity index (χ3v) is 3.84. The van der Waals surface area contributed by atoms with Gasteiger partial charge < -0.3 is 15.0 Å². The molecule has 22 heavy (non-hydrogen) atoms. The maximum absolute atomic E-state index is 12.0. The van der Waals surface area contributed by atoms with Gasteiger partial charge in [-0.05, 0) is 18.2 Å². The molecule has 0 aromatic heterocycles. The van der Waals surface area contributed by atoms with Gasteiger partial charge in [0.25, 0.3) is 0 Å². The molecule has 1 aromatic carbocycles. The summed E-state index contributed by atoms with van der Waals surface area (Å²) in [7, 11) is 0. The number of carbonyl (C=O) groups excluding carboxylic acids is 2. The van der Waals surface area contributed by atoms with Crippen LogP contribution in [0.25, 0.3) is 0 Å². The lowest BCUT2D eigenvalue weighted by molar-refractivity contribution is -0.132. The van der Waals surface area contributed by atoms with Gasteiger partial charge in [0.05, 0.1) is 0 Å². The summed E-state index contributed by atoms with van der Waals surface area (Å²) in [5.74, 6) is 0.735. The second kappa shape index (κ2) is 8.03. The number of hydrogen-bond donors (Lipinski definition) is 1. The van der Waals surface area contributed by atoms with Crippen molar-refractivity contribution in [3.05, 3.63) is 29.3 Å². The largest absolute Gasteiger partial charge is 0.490 e. The van der Waals surface area contributed by atoms with Crippen LogP contribution in [0.5, 0.6) is 5.75 Å². The Morgan fingerprint density at radius 2 is 2.09 bits per heavy atom. The number of hydrogen-bond acceptors (Lipinski definition) is 3. The van der Waals surface area contributed by atoms with Gasteiger partial charge in [-0.2, -0.15) is 0 Å². The van der Waals surface area contributed by atoms with Crippen molar-refractivity contribution in [2.75, 3.05) is 19.6 Å². The highest BCUT2D eigenvalue weighted by molar-refractivity contribution is 6.30. The Balaban J connectivity index is 1.73. The number of nitrogens with one attached hydrogen (secondary N) is 1. The lowest BCUT2D eigenvalue weighted by Gasteiger charge is -2.32. The molecule has 1 N–H and O–H groups in total. The molecule has 0 spiro atoms. The Hall–Kier alpha value is -1.75. The van der Waals surface area contributed by atoms with Crippen molar-refractivity contribution in [2.45, 2.75) is 32.3 Å². The van der Waals surface area contributed by atoms with Crippen LogP contribution in [0.15, 0.2) is 24.3 Å². The minimum Gasteiger partial charge on any atom is -0.490 e. The number of rotatable bonds is 5. The van der Waals surface area contributed by atoms with Gasteiger partial charge in [0, 0.05) is 50.8 Å². The molecule has 0 bridgehead atoms. The van der Waals surface area contributed by atoms with Gasteiger partial charge >= 0.3 is 0 Å². The van der Waals surface area contributed by atoms with E-state index in [2.05, 4.69) is 5.32 Å². The normalized spacial score (nSPS) is 15.5. The average Bonchev–Trinajstić information content (AvgIpc) is 2.47. The minimum absolute atomic E-state index is 0.0787.